The van der Waals surface area contributed by atoms with E-state index in [1.807, 2.05) is 6.92 Å². The van der Waals surface area contributed by atoms with Crippen LogP contribution in [0.5, 0.6) is 11.5 Å². The van der Waals surface area contributed by atoms with Crippen LogP contribution in [0.25, 0.3) is 0 Å². The Kier molecular flexibility index (Phi) is 11.7. The Morgan fingerprint density at radius 3 is 1.26 bits per heavy atom. The predicted octanol–water partition coefficient (Wildman–Crippen LogP) is 10.6. The Morgan fingerprint density at radius 1 is 0.462 bits per heavy atom. The Hall–Kier alpha value is -3.02. The lowest BCUT2D eigenvalue weighted by molar-refractivity contribution is -0.188. The van der Waals surface area contributed by atoms with Crippen molar-refractivity contribution in [2.45, 2.75) is 96.7 Å². The van der Waals surface area contributed by atoms with Gasteiger partial charge in [-0.15, -0.1) is 0 Å². The molecule has 0 heterocycles. The van der Waals surface area contributed by atoms with Crippen LogP contribution in [-0.4, -0.2) is 0 Å². The van der Waals surface area contributed by atoms with E-state index in [9.17, 15) is 17.6 Å². The molecule has 0 amide bonds. The van der Waals surface area contributed by atoms with Crippen molar-refractivity contribution < 1.29 is 27.0 Å². The average molecular weight is 545 g/mol. The highest BCUT2D eigenvalue weighted by molar-refractivity contribution is 5.32. The minimum absolute atomic E-state index is 0.00319. The first kappa shape index (κ1) is 30.5. The highest BCUT2D eigenvalue weighted by Gasteiger charge is 2.38. The van der Waals surface area contributed by atoms with Crippen molar-refractivity contribution in [2.24, 2.45) is 0 Å². The first-order valence-corrected chi connectivity index (χ1v) is 14.2. The van der Waals surface area contributed by atoms with Crippen molar-refractivity contribution in [1.82, 2.24) is 0 Å². The molecule has 0 saturated heterocycles. The maximum atomic E-state index is 14.8. The first-order valence-electron chi connectivity index (χ1n) is 14.2. The minimum Gasteiger partial charge on any atom is -0.429 e. The molecule has 0 fully saturated rings. The summed E-state index contributed by atoms with van der Waals surface area (Å²) in [5, 5.41) is 0. The normalized spacial score (nSPS) is 11.9. The van der Waals surface area contributed by atoms with E-state index >= 15 is 0 Å². The number of halogens is 4. The van der Waals surface area contributed by atoms with Crippen LogP contribution in [0.1, 0.15) is 93.9 Å². The summed E-state index contributed by atoms with van der Waals surface area (Å²) in [5.41, 5.74) is 1.06. The van der Waals surface area contributed by atoms with Crippen molar-refractivity contribution in [3.8, 4) is 11.5 Å². The summed E-state index contributed by atoms with van der Waals surface area (Å²) in [6.45, 7) is 4.25. The van der Waals surface area contributed by atoms with Gasteiger partial charge in [-0.25, -0.2) is 0 Å². The zero-order valence-corrected chi connectivity index (χ0v) is 23.0. The third-order valence-electron chi connectivity index (χ3n) is 6.75. The molecule has 0 spiro atoms. The highest BCUT2D eigenvalue weighted by atomic mass is 19.3. The standard InChI is InChI=1S/C33H40F4O2/c1-3-5-6-7-8-9-10-11-13-27-16-24-31(25-17-27)39-33(36,37)29-20-18-28(19-21-29)32(34,35)38-30-22-14-26(12-4-2)15-23-30/h14-25H,3-13H2,1-2H3. The third kappa shape index (κ3) is 9.90. The maximum absolute atomic E-state index is 14.8. The monoisotopic (exact) mass is 544 g/mol. The number of alkyl halides is 4. The lowest BCUT2D eigenvalue weighted by Gasteiger charge is -2.21. The summed E-state index contributed by atoms with van der Waals surface area (Å²) in [4.78, 5) is 0. The van der Waals surface area contributed by atoms with E-state index in [2.05, 4.69) is 6.92 Å². The van der Waals surface area contributed by atoms with Crippen molar-refractivity contribution in [2.75, 3.05) is 0 Å². The van der Waals surface area contributed by atoms with Gasteiger partial charge in [0.1, 0.15) is 11.5 Å². The number of hydrogen-bond donors (Lipinski definition) is 0. The molecule has 0 N–H and O–H groups in total. The summed E-state index contributed by atoms with van der Waals surface area (Å²) < 4.78 is 68.7. The Labute approximate surface area is 230 Å². The fraction of sp³-hybridized carbons (Fsp3) is 0.455. The second kappa shape index (κ2) is 14.9. The molecule has 0 atom stereocenters. The second-order valence-corrected chi connectivity index (χ2v) is 10.1. The SMILES string of the molecule is CCCCCCCCCCc1ccc(OC(F)(F)c2ccc(C(F)(F)Oc3ccc(CCC)cc3)cc2)cc1. The van der Waals surface area contributed by atoms with Gasteiger partial charge < -0.3 is 9.47 Å². The fourth-order valence-corrected chi connectivity index (χ4v) is 4.47. The van der Waals surface area contributed by atoms with E-state index < -0.39 is 23.3 Å². The van der Waals surface area contributed by atoms with Crippen LogP contribution >= 0.6 is 0 Å². The molecule has 0 aliphatic carbocycles. The van der Waals surface area contributed by atoms with E-state index in [1.165, 1.54) is 62.8 Å². The Balaban J connectivity index is 1.50. The van der Waals surface area contributed by atoms with Gasteiger partial charge in [-0.1, -0.05) is 89.5 Å². The number of benzene rings is 3. The summed E-state index contributed by atoms with van der Waals surface area (Å²) >= 11 is 0. The molecular formula is C33H40F4O2. The summed E-state index contributed by atoms with van der Waals surface area (Å²) in [6, 6.07) is 16.8. The van der Waals surface area contributed by atoms with Gasteiger partial charge in [0.15, 0.2) is 0 Å². The van der Waals surface area contributed by atoms with Crippen LogP contribution in [-0.2, 0) is 25.1 Å². The molecule has 0 unspecified atom stereocenters. The Bertz CT molecular complexity index is 1090. The van der Waals surface area contributed by atoms with E-state index in [-0.39, 0.29) is 11.5 Å². The van der Waals surface area contributed by atoms with Gasteiger partial charge in [0.05, 0.1) is 11.1 Å². The molecule has 2 nitrogen and oxygen atoms in total. The van der Waals surface area contributed by atoms with Crippen LogP contribution in [0.3, 0.4) is 0 Å². The van der Waals surface area contributed by atoms with Gasteiger partial charge in [0.25, 0.3) is 0 Å². The van der Waals surface area contributed by atoms with Gasteiger partial charge in [0, 0.05) is 0 Å². The summed E-state index contributed by atoms with van der Waals surface area (Å²) in [5.74, 6) is 0.0207. The molecule has 0 aliphatic rings. The molecule has 212 valence electrons. The number of hydrogen-bond acceptors (Lipinski definition) is 2. The smallest absolute Gasteiger partial charge is 0.426 e. The molecule has 0 aromatic heterocycles. The second-order valence-electron chi connectivity index (χ2n) is 10.1. The first-order chi connectivity index (χ1) is 18.7. The molecule has 3 aromatic rings. The molecule has 39 heavy (non-hydrogen) atoms. The molecular weight excluding hydrogens is 504 g/mol. The maximum Gasteiger partial charge on any atom is 0.426 e. The van der Waals surface area contributed by atoms with E-state index in [1.54, 1.807) is 24.3 Å². The topological polar surface area (TPSA) is 18.5 Å². The zero-order valence-electron chi connectivity index (χ0n) is 23.0. The van der Waals surface area contributed by atoms with Crippen LogP contribution < -0.4 is 9.47 Å². The van der Waals surface area contributed by atoms with Crippen molar-refractivity contribution in [3.63, 3.8) is 0 Å². The molecule has 0 aliphatic heterocycles. The van der Waals surface area contributed by atoms with Gasteiger partial charge >= 0.3 is 12.2 Å². The van der Waals surface area contributed by atoms with Crippen molar-refractivity contribution >= 4 is 0 Å². The van der Waals surface area contributed by atoms with Gasteiger partial charge in [-0.2, -0.15) is 17.6 Å². The molecule has 0 bridgehead atoms. The zero-order chi connectivity index (χ0) is 28.1. The van der Waals surface area contributed by atoms with Gasteiger partial charge in [-0.3, -0.25) is 0 Å². The molecule has 0 radical (unpaired) electrons. The van der Waals surface area contributed by atoms with E-state index in [4.69, 9.17) is 9.47 Å². The number of rotatable bonds is 17. The number of unbranched alkanes of at least 4 members (excludes halogenated alkanes) is 7. The van der Waals surface area contributed by atoms with Gasteiger partial charge in [0.2, 0.25) is 0 Å². The summed E-state index contributed by atoms with van der Waals surface area (Å²) in [6.07, 6.45) is 5.20. The Morgan fingerprint density at radius 2 is 0.846 bits per heavy atom. The van der Waals surface area contributed by atoms with Crippen LogP contribution in [0.15, 0.2) is 72.8 Å². The largest absolute Gasteiger partial charge is 0.429 e. The third-order valence-corrected chi connectivity index (χ3v) is 6.75. The summed E-state index contributed by atoms with van der Waals surface area (Å²) in [7, 11) is 0. The van der Waals surface area contributed by atoms with E-state index in [0.29, 0.717) is 0 Å². The van der Waals surface area contributed by atoms with Crippen molar-refractivity contribution in [3.05, 3.63) is 95.1 Å². The lowest BCUT2D eigenvalue weighted by atomic mass is 10.0. The molecule has 0 saturated carbocycles. The van der Waals surface area contributed by atoms with Gasteiger partial charge in [-0.05, 0) is 78.9 Å². The van der Waals surface area contributed by atoms with Crippen molar-refractivity contribution in [1.29, 1.82) is 0 Å². The van der Waals surface area contributed by atoms with E-state index in [0.717, 1.165) is 67.5 Å². The van der Waals surface area contributed by atoms with Crippen LogP contribution in [0, 0.1) is 0 Å². The average Bonchev–Trinajstić information content (AvgIpc) is 2.92. The quantitative estimate of drug-likeness (QED) is 0.124. The van der Waals surface area contributed by atoms with Crippen LogP contribution in [0.2, 0.25) is 0 Å². The molecule has 3 aromatic carbocycles. The predicted molar refractivity (Wildman–Crippen MR) is 149 cm³/mol. The molecule has 6 heteroatoms. The fourth-order valence-electron chi connectivity index (χ4n) is 4.47. The highest BCUT2D eigenvalue weighted by Crippen LogP contribution is 2.36. The number of aryl methyl sites for hydroxylation is 2. The van der Waals surface area contributed by atoms with Crippen LogP contribution in [0.4, 0.5) is 17.6 Å². The lowest BCUT2D eigenvalue weighted by Crippen LogP contribution is -2.24. The minimum atomic E-state index is -3.68. The number of ether oxygens (including phenoxy) is 2. The molecule has 3 rings (SSSR count).